The predicted octanol–water partition coefficient (Wildman–Crippen LogP) is 2.15. The van der Waals surface area contributed by atoms with Crippen molar-refractivity contribution in [3.63, 3.8) is 0 Å². The number of ether oxygens (including phenoxy) is 2. The number of likely N-dealkylation sites (N-methyl/N-ethyl adjacent to an activating group) is 1. The molecule has 1 heterocycles. The van der Waals surface area contributed by atoms with Crippen LogP contribution in [0.25, 0.3) is 0 Å². The van der Waals surface area contributed by atoms with Gasteiger partial charge in [0.15, 0.2) is 11.5 Å². The number of benzene rings is 1. The molecule has 1 unspecified atom stereocenters. The van der Waals surface area contributed by atoms with Crippen molar-refractivity contribution >= 4 is 0 Å². The minimum atomic E-state index is 0.654. The van der Waals surface area contributed by atoms with Crippen LogP contribution in [0.5, 0.6) is 11.5 Å². The molecule has 1 aliphatic heterocycles. The van der Waals surface area contributed by atoms with Crippen LogP contribution in [0.3, 0.4) is 0 Å². The maximum atomic E-state index is 5.84. The molecule has 2 rings (SSSR count). The van der Waals surface area contributed by atoms with Crippen LogP contribution in [-0.2, 0) is 0 Å². The van der Waals surface area contributed by atoms with Gasteiger partial charge < -0.3 is 14.8 Å². The van der Waals surface area contributed by atoms with Crippen molar-refractivity contribution < 1.29 is 9.47 Å². The van der Waals surface area contributed by atoms with Crippen LogP contribution < -0.4 is 14.8 Å². The lowest BCUT2D eigenvalue weighted by molar-refractivity contribution is 0.199. The van der Waals surface area contributed by atoms with Crippen LogP contribution in [0.15, 0.2) is 24.3 Å². The Morgan fingerprint density at radius 2 is 2.10 bits per heavy atom. The molecule has 4 nitrogen and oxygen atoms in total. The van der Waals surface area contributed by atoms with Gasteiger partial charge in [0.05, 0.1) is 7.11 Å². The minimum absolute atomic E-state index is 0.654. The molecular weight excluding hydrogens is 252 g/mol. The van der Waals surface area contributed by atoms with Gasteiger partial charge in [-0.2, -0.15) is 0 Å². The van der Waals surface area contributed by atoms with Gasteiger partial charge in [-0.25, -0.2) is 0 Å². The zero-order valence-electron chi connectivity index (χ0n) is 12.6. The average Bonchev–Trinajstić information content (AvgIpc) is 2.99. The summed E-state index contributed by atoms with van der Waals surface area (Å²) in [5.74, 6) is 1.62. The topological polar surface area (TPSA) is 33.7 Å². The maximum Gasteiger partial charge on any atom is 0.161 e. The van der Waals surface area contributed by atoms with Crippen molar-refractivity contribution in [2.24, 2.45) is 0 Å². The van der Waals surface area contributed by atoms with Gasteiger partial charge in [0, 0.05) is 19.1 Å². The van der Waals surface area contributed by atoms with Crippen LogP contribution in [0, 0.1) is 0 Å². The molecule has 0 aliphatic carbocycles. The van der Waals surface area contributed by atoms with Gasteiger partial charge in [0.2, 0.25) is 0 Å². The summed E-state index contributed by atoms with van der Waals surface area (Å²) >= 11 is 0. The molecule has 1 aliphatic rings. The Balaban J connectivity index is 1.75. The van der Waals surface area contributed by atoms with Gasteiger partial charge in [-0.3, -0.25) is 4.90 Å². The van der Waals surface area contributed by atoms with E-state index in [0.717, 1.165) is 31.1 Å². The smallest absolute Gasteiger partial charge is 0.161 e. The molecule has 0 radical (unpaired) electrons. The third-order valence-corrected chi connectivity index (χ3v) is 3.82. The summed E-state index contributed by atoms with van der Waals surface area (Å²) in [5, 5.41) is 3.55. The van der Waals surface area contributed by atoms with Gasteiger partial charge in [-0.05, 0) is 38.1 Å². The van der Waals surface area contributed by atoms with E-state index in [1.54, 1.807) is 7.11 Å². The molecule has 0 bridgehead atoms. The van der Waals surface area contributed by atoms with E-state index < -0.39 is 0 Å². The summed E-state index contributed by atoms with van der Waals surface area (Å²) in [6, 6.07) is 8.46. The van der Waals surface area contributed by atoms with E-state index in [9.17, 15) is 0 Å². The standard InChI is InChI=1S/C16H26N2O2/c1-3-18(13-14-7-6-10-17-14)11-12-20-16-9-5-4-8-15(16)19-2/h4-5,8-9,14,17H,3,6-7,10-13H2,1-2H3. The Bertz CT molecular complexity index is 392. The SMILES string of the molecule is CCN(CCOc1ccccc1OC)CC1CCCN1. The summed E-state index contributed by atoms with van der Waals surface area (Å²) < 4.78 is 11.1. The van der Waals surface area contributed by atoms with Gasteiger partial charge in [-0.15, -0.1) is 0 Å². The number of para-hydroxylation sites is 2. The van der Waals surface area contributed by atoms with E-state index in [-0.39, 0.29) is 0 Å². The normalized spacial score (nSPS) is 18.4. The lowest BCUT2D eigenvalue weighted by Crippen LogP contribution is -2.39. The second-order valence-corrected chi connectivity index (χ2v) is 5.19. The molecule has 20 heavy (non-hydrogen) atoms. The van der Waals surface area contributed by atoms with Crippen LogP contribution in [0.2, 0.25) is 0 Å². The van der Waals surface area contributed by atoms with Crippen molar-refractivity contribution in [1.82, 2.24) is 10.2 Å². The summed E-state index contributed by atoms with van der Waals surface area (Å²) in [6.45, 7) is 7.20. The summed E-state index contributed by atoms with van der Waals surface area (Å²) in [5.41, 5.74) is 0. The Kier molecular flexibility index (Phi) is 6.15. The lowest BCUT2D eigenvalue weighted by Gasteiger charge is -2.24. The Morgan fingerprint density at radius 1 is 1.30 bits per heavy atom. The van der Waals surface area contributed by atoms with Crippen molar-refractivity contribution in [3.05, 3.63) is 24.3 Å². The molecule has 1 aromatic rings. The van der Waals surface area contributed by atoms with Crippen LogP contribution in [0.1, 0.15) is 19.8 Å². The van der Waals surface area contributed by atoms with Crippen LogP contribution in [-0.4, -0.2) is 50.8 Å². The molecule has 4 heteroatoms. The largest absolute Gasteiger partial charge is 0.493 e. The van der Waals surface area contributed by atoms with E-state index in [1.165, 1.54) is 19.4 Å². The molecule has 1 saturated heterocycles. The number of nitrogens with one attached hydrogen (secondary N) is 1. The highest BCUT2D eigenvalue weighted by Gasteiger charge is 2.16. The highest BCUT2D eigenvalue weighted by Crippen LogP contribution is 2.25. The number of nitrogens with zero attached hydrogens (tertiary/aromatic N) is 1. The first-order valence-electron chi connectivity index (χ1n) is 7.55. The molecule has 1 aromatic carbocycles. The molecule has 0 spiro atoms. The van der Waals surface area contributed by atoms with Gasteiger partial charge in [-0.1, -0.05) is 19.1 Å². The van der Waals surface area contributed by atoms with E-state index >= 15 is 0 Å². The van der Waals surface area contributed by atoms with Crippen molar-refractivity contribution in [2.45, 2.75) is 25.8 Å². The number of methoxy groups -OCH3 is 1. The zero-order valence-corrected chi connectivity index (χ0v) is 12.6. The van der Waals surface area contributed by atoms with E-state index in [2.05, 4.69) is 17.1 Å². The third kappa shape index (κ3) is 4.39. The highest BCUT2D eigenvalue weighted by atomic mass is 16.5. The van der Waals surface area contributed by atoms with Gasteiger partial charge in [0.1, 0.15) is 6.61 Å². The van der Waals surface area contributed by atoms with Crippen molar-refractivity contribution in [3.8, 4) is 11.5 Å². The average molecular weight is 278 g/mol. The fraction of sp³-hybridized carbons (Fsp3) is 0.625. The van der Waals surface area contributed by atoms with E-state index in [0.29, 0.717) is 12.6 Å². The third-order valence-electron chi connectivity index (χ3n) is 3.82. The summed E-state index contributed by atoms with van der Waals surface area (Å²) in [4.78, 5) is 2.44. The molecule has 0 amide bonds. The van der Waals surface area contributed by atoms with Gasteiger partial charge >= 0.3 is 0 Å². The van der Waals surface area contributed by atoms with E-state index in [1.807, 2.05) is 24.3 Å². The van der Waals surface area contributed by atoms with Crippen LogP contribution >= 0.6 is 0 Å². The quantitative estimate of drug-likeness (QED) is 0.790. The Morgan fingerprint density at radius 3 is 2.75 bits per heavy atom. The Hall–Kier alpha value is -1.26. The van der Waals surface area contributed by atoms with Crippen molar-refractivity contribution in [2.75, 3.05) is 39.9 Å². The molecule has 1 fully saturated rings. The van der Waals surface area contributed by atoms with Crippen LogP contribution in [0.4, 0.5) is 0 Å². The fourth-order valence-corrected chi connectivity index (χ4v) is 2.63. The summed E-state index contributed by atoms with van der Waals surface area (Å²) in [7, 11) is 1.67. The number of hydrogen-bond acceptors (Lipinski definition) is 4. The molecule has 0 saturated carbocycles. The first-order chi connectivity index (χ1) is 9.83. The second kappa shape index (κ2) is 8.12. The molecule has 0 aromatic heterocycles. The number of hydrogen-bond donors (Lipinski definition) is 1. The van der Waals surface area contributed by atoms with E-state index in [4.69, 9.17) is 9.47 Å². The monoisotopic (exact) mass is 278 g/mol. The first-order valence-corrected chi connectivity index (χ1v) is 7.55. The zero-order chi connectivity index (χ0) is 14.2. The Labute approximate surface area is 122 Å². The minimum Gasteiger partial charge on any atom is -0.493 e. The molecule has 1 N–H and O–H groups in total. The predicted molar refractivity (Wildman–Crippen MR) is 81.6 cm³/mol. The fourth-order valence-electron chi connectivity index (χ4n) is 2.63. The molecular formula is C16H26N2O2. The second-order valence-electron chi connectivity index (χ2n) is 5.19. The van der Waals surface area contributed by atoms with Gasteiger partial charge in [0.25, 0.3) is 0 Å². The lowest BCUT2D eigenvalue weighted by atomic mass is 10.2. The maximum absolute atomic E-state index is 5.84. The number of rotatable bonds is 8. The molecule has 1 atom stereocenters. The first kappa shape index (κ1) is 15.1. The van der Waals surface area contributed by atoms with Crippen molar-refractivity contribution in [1.29, 1.82) is 0 Å². The summed E-state index contributed by atoms with van der Waals surface area (Å²) in [6.07, 6.45) is 2.60. The molecule has 112 valence electrons. The highest BCUT2D eigenvalue weighted by molar-refractivity contribution is 5.39.